The standard InChI is InChI=1S/4C17H15N2P.4C2H3N.4BF4.2Fe/c4*1-3-9-15(10-4-1)20(16-11-5-2-6-12-16)19-17-13-7-8-14-18-17;4*1-2-3;4*2-1(3,4)5;;/h4*1-14H,(H,18,19);4*1H3;;;;;;/q;;;;;;;;4*-1;2*+2/p+4. The molecular weight excluding hydrogens is 1660 g/mol. The van der Waals surface area contributed by atoms with E-state index in [9.17, 15) is 69.1 Å². The first-order valence-electron chi connectivity index (χ1n) is 32.8. The van der Waals surface area contributed by atoms with Crippen LogP contribution >= 0.6 is 32.3 Å². The third-order valence-electron chi connectivity index (χ3n) is 12.2. The van der Waals surface area contributed by atoms with Crippen LogP contribution in [-0.2, 0) is 34.1 Å². The Morgan fingerprint density at radius 3 is 0.395 bits per heavy atom. The molecule has 0 fully saturated rings. The largest absolute Gasteiger partial charge is 2.00 e. The average molecular weight is 1740 g/mol. The van der Waals surface area contributed by atoms with Gasteiger partial charge in [-0.05, 0) is 146 Å². The summed E-state index contributed by atoms with van der Waals surface area (Å²) in [5.41, 5.74) is 0. The number of halogens is 16. The topological polar surface area (TPSA) is 195 Å². The summed E-state index contributed by atoms with van der Waals surface area (Å²) in [7, 11) is -28.3. The molecule has 38 heteroatoms. The first-order chi connectivity index (χ1) is 53.4. The van der Waals surface area contributed by atoms with Crippen LogP contribution in [0.25, 0.3) is 0 Å². The smallest absolute Gasteiger partial charge is 0.418 e. The zero-order chi connectivity index (χ0) is 83.3. The maximum Gasteiger partial charge on any atom is 2.00 e. The van der Waals surface area contributed by atoms with Crippen LogP contribution in [0.2, 0.25) is 0 Å². The van der Waals surface area contributed by atoms with Crippen LogP contribution in [0.1, 0.15) is 27.7 Å². The van der Waals surface area contributed by atoms with E-state index in [-0.39, 0.29) is 34.1 Å². The Kier molecular flexibility index (Phi) is 58.2. The van der Waals surface area contributed by atoms with Gasteiger partial charge >= 0.3 is 63.2 Å². The van der Waals surface area contributed by atoms with Gasteiger partial charge in [0.25, 0.3) is 0 Å². The van der Waals surface area contributed by atoms with E-state index in [2.05, 4.69) is 283 Å². The molecule has 0 spiro atoms. The van der Waals surface area contributed by atoms with E-state index in [0.29, 0.717) is 0 Å². The fourth-order valence-corrected chi connectivity index (χ4v) is 16.7. The predicted octanol–water partition coefficient (Wildman–Crippen LogP) is 20.4. The van der Waals surface area contributed by atoms with Crippen molar-refractivity contribution in [3.63, 3.8) is 0 Å². The third-order valence-corrected chi connectivity index (χ3v) is 21.5. The van der Waals surface area contributed by atoms with Crippen molar-refractivity contribution < 1.29 is 103 Å². The van der Waals surface area contributed by atoms with Crippen molar-refractivity contribution in [1.29, 1.82) is 21.0 Å². The number of anilines is 4. The normalized spacial score (nSPS) is 9.72. The van der Waals surface area contributed by atoms with E-state index < -0.39 is 61.3 Å². The van der Waals surface area contributed by atoms with Gasteiger partial charge in [-0.25, -0.2) is 40.3 Å². The van der Waals surface area contributed by atoms with E-state index in [4.69, 9.17) is 21.0 Å². The minimum Gasteiger partial charge on any atom is -0.418 e. The summed E-state index contributed by atoms with van der Waals surface area (Å²) < 4.78 is 156. The van der Waals surface area contributed by atoms with Crippen LogP contribution in [0.15, 0.2) is 340 Å². The average Bonchev–Trinajstić information content (AvgIpc) is 0.859. The molecule has 0 saturated carbocycles. The van der Waals surface area contributed by atoms with Crippen molar-refractivity contribution in [2.24, 2.45) is 0 Å². The van der Waals surface area contributed by atoms with E-state index >= 15 is 0 Å². The zero-order valence-electron chi connectivity index (χ0n) is 61.0. The molecule has 0 unspecified atom stereocenters. The Balaban J connectivity index is 0. The quantitative estimate of drug-likeness (QED) is 0.0407. The van der Waals surface area contributed by atoms with E-state index in [1.807, 2.05) is 97.6 Å². The summed E-state index contributed by atoms with van der Waals surface area (Å²) in [6, 6.07) is 115. The van der Waals surface area contributed by atoms with Crippen LogP contribution in [0, 0.1) is 45.3 Å². The Morgan fingerprint density at radius 2 is 0.307 bits per heavy atom. The minimum atomic E-state index is -6.00. The SMILES string of the molecule is CC#N.CC#N.CC#N.CC#N.F[B-](F)(F)F.F[B-](F)(F)F.F[B-](F)(F)F.F[B-](F)(F)F.[Fe+2].[Fe+2].c1ccc([PH+](Nc2ccccn2)c2ccccc2)cc1.c1ccc([PH+](Nc2ccccn2)c2ccccc2)cc1.c1ccc([PH+](Nc2ccccn2)c2ccccc2)cc1.c1ccc([PH+](Nc2ccccn2)c2ccccc2)cc1. The molecule has 8 aromatic carbocycles. The fourth-order valence-electron chi connectivity index (χ4n) is 8.34. The number of hydrogen-bond acceptors (Lipinski definition) is 12. The molecule has 0 radical (unpaired) electrons. The molecule has 4 heterocycles. The maximum atomic E-state index is 9.75. The van der Waals surface area contributed by atoms with E-state index in [1.165, 1.54) is 70.1 Å². The van der Waals surface area contributed by atoms with Crippen LogP contribution in [0.4, 0.5) is 92.3 Å². The number of rotatable bonds is 16. The molecule has 12 rings (SSSR count). The van der Waals surface area contributed by atoms with Crippen LogP contribution < -0.4 is 62.8 Å². The summed E-state index contributed by atoms with van der Waals surface area (Å²) in [6.07, 6.45) is 7.27. The zero-order valence-corrected chi connectivity index (χ0v) is 67.2. The van der Waals surface area contributed by atoms with Crippen LogP contribution in [-0.4, -0.2) is 49.0 Å². The number of pyridine rings is 4. The van der Waals surface area contributed by atoms with Gasteiger partial charge in [0.15, 0.2) is 55.6 Å². The van der Waals surface area contributed by atoms with Crippen molar-refractivity contribution in [3.05, 3.63) is 340 Å². The third kappa shape index (κ3) is 57.5. The number of aromatic nitrogens is 4. The van der Waals surface area contributed by atoms with Gasteiger partial charge < -0.3 is 69.1 Å². The summed E-state index contributed by atoms with van der Waals surface area (Å²) in [6.45, 7) is 5.72. The van der Waals surface area contributed by atoms with Crippen molar-refractivity contribution in [2.75, 3.05) is 20.3 Å². The number of benzene rings is 8. The second-order valence-corrected chi connectivity index (χ2v) is 29.3. The molecule has 4 aromatic heterocycles. The molecule has 12 nitrogen and oxygen atoms in total. The number of hydrogen-bond donors (Lipinski definition) is 4. The summed E-state index contributed by atoms with van der Waals surface area (Å²) in [4.78, 5) is 17.5. The Bertz CT molecular complexity index is 3720. The van der Waals surface area contributed by atoms with E-state index in [0.717, 1.165) is 23.3 Å². The van der Waals surface area contributed by atoms with Gasteiger partial charge in [0.1, 0.15) is 42.4 Å². The van der Waals surface area contributed by atoms with Gasteiger partial charge in [-0.15, -0.1) is 0 Å². The Hall–Kier alpha value is -10.6. The monoisotopic (exact) mass is 1740 g/mol. The van der Waals surface area contributed by atoms with Gasteiger partial charge in [-0.2, -0.15) is 21.0 Å². The molecular formula is C76H76B4F16Fe2N12P4+4. The molecule has 596 valence electrons. The molecule has 114 heavy (non-hydrogen) atoms. The van der Waals surface area contributed by atoms with Gasteiger partial charge in [0.2, 0.25) is 0 Å². The van der Waals surface area contributed by atoms with Crippen molar-refractivity contribution in [2.45, 2.75) is 27.7 Å². The fraction of sp³-hybridized carbons (Fsp3) is 0.0526. The predicted molar refractivity (Wildman–Crippen MR) is 439 cm³/mol. The number of nitrogens with one attached hydrogen (secondary N) is 4. The summed E-state index contributed by atoms with van der Waals surface area (Å²) >= 11 is 0. The molecule has 0 aliphatic carbocycles. The second kappa shape index (κ2) is 62.9. The van der Waals surface area contributed by atoms with Gasteiger partial charge in [-0.3, -0.25) is 0 Å². The van der Waals surface area contributed by atoms with Crippen molar-refractivity contribution in [1.82, 2.24) is 19.9 Å². The van der Waals surface area contributed by atoms with E-state index in [1.54, 1.807) is 24.3 Å². The van der Waals surface area contributed by atoms with Gasteiger partial charge in [0.05, 0.1) is 24.3 Å². The molecule has 0 aliphatic rings. The molecule has 4 N–H and O–H groups in total. The van der Waals surface area contributed by atoms with Crippen molar-refractivity contribution >= 4 is 127 Å². The number of nitrogens with zero attached hydrogens (tertiary/aromatic N) is 8. The molecule has 0 atom stereocenters. The number of nitriles is 4. The van der Waals surface area contributed by atoms with Gasteiger partial charge in [-0.1, -0.05) is 170 Å². The van der Waals surface area contributed by atoms with Crippen LogP contribution in [0.5, 0.6) is 0 Å². The van der Waals surface area contributed by atoms with Gasteiger partial charge in [0, 0.05) is 52.5 Å². The molecule has 12 aromatic rings. The molecule has 0 saturated heterocycles. The van der Waals surface area contributed by atoms with Crippen LogP contribution in [0.3, 0.4) is 0 Å². The molecule has 0 bridgehead atoms. The minimum absolute atomic E-state index is 0. The first kappa shape index (κ1) is 105. The first-order valence-corrected chi connectivity index (χ1v) is 38.8. The molecule has 0 aliphatic heterocycles. The Labute approximate surface area is 679 Å². The summed E-state index contributed by atoms with van der Waals surface area (Å²) in [5, 5.41) is 54.3. The Morgan fingerprint density at radius 1 is 0.211 bits per heavy atom. The summed E-state index contributed by atoms with van der Waals surface area (Å²) in [5.74, 6) is 3.70. The second-order valence-electron chi connectivity index (χ2n) is 20.7. The maximum absolute atomic E-state index is 9.75. The van der Waals surface area contributed by atoms with Crippen molar-refractivity contribution in [3.8, 4) is 24.3 Å². The molecule has 0 amide bonds.